The van der Waals surface area contributed by atoms with Gasteiger partial charge in [0.05, 0.1) is 11.8 Å². The number of thiazole rings is 1. The summed E-state index contributed by atoms with van der Waals surface area (Å²) >= 11 is 1.66. The molecule has 0 N–H and O–H groups in total. The average molecular weight is 462 g/mol. The van der Waals surface area contributed by atoms with Gasteiger partial charge in [0.15, 0.2) is 4.96 Å². The van der Waals surface area contributed by atoms with Crippen molar-refractivity contribution in [2.75, 3.05) is 19.7 Å². The Hall–Kier alpha value is -2.70. The van der Waals surface area contributed by atoms with Crippen molar-refractivity contribution in [2.24, 2.45) is 5.41 Å². The summed E-state index contributed by atoms with van der Waals surface area (Å²) in [6, 6.07) is 14.9. The summed E-state index contributed by atoms with van der Waals surface area (Å²) in [7, 11) is 0. The van der Waals surface area contributed by atoms with Gasteiger partial charge < -0.3 is 9.64 Å². The molecule has 1 saturated heterocycles. The topological polar surface area (TPSA) is 46.8 Å². The lowest BCUT2D eigenvalue weighted by atomic mass is 9.94. The molecule has 172 valence electrons. The third-order valence-electron chi connectivity index (χ3n) is 6.34. The molecule has 5 nitrogen and oxygen atoms in total. The van der Waals surface area contributed by atoms with E-state index in [1.807, 2.05) is 25.7 Å². The summed E-state index contributed by atoms with van der Waals surface area (Å²) in [5.74, 6) is 0.187. The minimum atomic E-state index is -0.402. The van der Waals surface area contributed by atoms with Gasteiger partial charge in [-0.1, -0.05) is 57.2 Å². The number of aromatic nitrogens is 2. The molecule has 1 atom stereocenters. The van der Waals surface area contributed by atoms with Crippen LogP contribution in [0.2, 0.25) is 0 Å². The first-order valence-electron chi connectivity index (χ1n) is 11.7. The van der Waals surface area contributed by atoms with Gasteiger partial charge >= 0.3 is 0 Å². The Kier molecular flexibility index (Phi) is 5.97. The lowest BCUT2D eigenvalue weighted by molar-refractivity contribution is -0.141. The van der Waals surface area contributed by atoms with Crippen LogP contribution in [-0.2, 0) is 16.0 Å². The fraction of sp³-hybridized carbons (Fsp3) is 0.407. The minimum absolute atomic E-state index is 0.159. The molecule has 2 aromatic carbocycles. The maximum absolute atomic E-state index is 13.1. The standard InChI is InChI=1S/C27H31N3O2S/c1-27(2,3)25(31)29(16-23-9-6-14-32-23)13-12-22-18-33-26-28-24(17-30(22)26)21-11-10-19-7-4-5-8-20(19)15-21/h4-5,7-8,10-11,15,17-18,23H,6,9,12-14,16H2,1-3H3. The number of hydrogen-bond donors (Lipinski definition) is 0. The van der Waals surface area contributed by atoms with Gasteiger partial charge in [0.1, 0.15) is 0 Å². The van der Waals surface area contributed by atoms with Crippen LogP contribution in [0.3, 0.4) is 0 Å². The third kappa shape index (κ3) is 4.68. The highest BCUT2D eigenvalue weighted by atomic mass is 32.1. The number of rotatable bonds is 6. The number of fused-ring (bicyclic) bond motifs is 2. The van der Waals surface area contributed by atoms with Gasteiger partial charge in [0, 0.05) is 54.4 Å². The van der Waals surface area contributed by atoms with Crippen molar-refractivity contribution in [3.63, 3.8) is 0 Å². The molecule has 5 rings (SSSR count). The molecule has 0 spiro atoms. The largest absolute Gasteiger partial charge is 0.376 e. The molecule has 1 unspecified atom stereocenters. The zero-order chi connectivity index (χ0) is 23.0. The number of ether oxygens (including phenoxy) is 1. The lowest BCUT2D eigenvalue weighted by Crippen LogP contribution is -2.44. The summed E-state index contributed by atoms with van der Waals surface area (Å²) in [5, 5.41) is 4.62. The highest BCUT2D eigenvalue weighted by molar-refractivity contribution is 7.15. The zero-order valence-corrected chi connectivity index (χ0v) is 20.4. The van der Waals surface area contributed by atoms with Gasteiger partial charge in [0.25, 0.3) is 0 Å². The van der Waals surface area contributed by atoms with E-state index < -0.39 is 5.41 Å². The molecule has 6 heteroatoms. The van der Waals surface area contributed by atoms with Gasteiger partial charge in [-0.2, -0.15) is 0 Å². The third-order valence-corrected chi connectivity index (χ3v) is 7.23. The molecule has 0 aliphatic carbocycles. The molecule has 2 aromatic heterocycles. The molecule has 33 heavy (non-hydrogen) atoms. The predicted molar refractivity (Wildman–Crippen MR) is 135 cm³/mol. The summed E-state index contributed by atoms with van der Waals surface area (Å²) in [6.45, 7) is 8.14. The molecule has 1 amide bonds. The smallest absolute Gasteiger partial charge is 0.228 e. The van der Waals surface area contributed by atoms with Crippen molar-refractivity contribution >= 4 is 33.0 Å². The van der Waals surface area contributed by atoms with Gasteiger partial charge in [0.2, 0.25) is 5.91 Å². The highest BCUT2D eigenvalue weighted by Gasteiger charge is 2.30. The van der Waals surface area contributed by atoms with E-state index in [1.165, 1.54) is 16.5 Å². The van der Waals surface area contributed by atoms with Gasteiger partial charge in [-0.25, -0.2) is 4.98 Å². The predicted octanol–water partition coefficient (Wildman–Crippen LogP) is 5.81. The molecule has 1 aliphatic rings. The Bertz CT molecular complexity index is 1280. The van der Waals surface area contributed by atoms with Gasteiger partial charge in [-0.15, -0.1) is 11.3 Å². The van der Waals surface area contributed by atoms with Crippen molar-refractivity contribution in [1.29, 1.82) is 0 Å². The first-order chi connectivity index (χ1) is 15.9. The van der Waals surface area contributed by atoms with Crippen molar-refractivity contribution in [3.05, 3.63) is 59.7 Å². The Morgan fingerprint density at radius 3 is 2.79 bits per heavy atom. The molecule has 4 aromatic rings. The number of hydrogen-bond acceptors (Lipinski definition) is 4. The maximum Gasteiger partial charge on any atom is 0.228 e. The van der Waals surface area contributed by atoms with Crippen LogP contribution in [0.15, 0.2) is 54.0 Å². The molecular formula is C27H31N3O2S. The van der Waals surface area contributed by atoms with Crippen molar-refractivity contribution in [1.82, 2.24) is 14.3 Å². The summed E-state index contributed by atoms with van der Waals surface area (Å²) in [6.07, 6.45) is 5.20. The van der Waals surface area contributed by atoms with Crippen LogP contribution in [0, 0.1) is 5.41 Å². The Morgan fingerprint density at radius 2 is 2.03 bits per heavy atom. The van der Waals surface area contributed by atoms with Crippen LogP contribution in [0.25, 0.3) is 27.0 Å². The van der Waals surface area contributed by atoms with E-state index in [0.29, 0.717) is 13.1 Å². The highest BCUT2D eigenvalue weighted by Crippen LogP contribution is 2.27. The van der Waals surface area contributed by atoms with E-state index in [9.17, 15) is 4.79 Å². The van der Waals surface area contributed by atoms with Crippen LogP contribution in [0.4, 0.5) is 0 Å². The normalized spacial score (nSPS) is 16.6. The fourth-order valence-electron chi connectivity index (χ4n) is 4.53. The quantitative estimate of drug-likeness (QED) is 0.364. The molecule has 3 heterocycles. The van der Waals surface area contributed by atoms with E-state index in [0.717, 1.165) is 42.1 Å². The maximum atomic E-state index is 13.1. The number of amides is 1. The van der Waals surface area contributed by atoms with E-state index in [1.54, 1.807) is 11.3 Å². The SMILES string of the molecule is CC(C)(C)C(=O)N(CCc1csc2nc(-c3ccc4ccccc4c3)cn12)CC1CCCO1. The van der Waals surface area contributed by atoms with Crippen LogP contribution < -0.4 is 0 Å². The summed E-state index contributed by atoms with van der Waals surface area (Å²) in [5.41, 5.74) is 2.89. The van der Waals surface area contributed by atoms with Gasteiger partial charge in [-0.3, -0.25) is 9.20 Å². The second-order valence-electron chi connectivity index (χ2n) is 9.95. The molecule has 0 radical (unpaired) electrons. The Balaban J connectivity index is 1.36. The van der Waals surface area contributed by atoms with E-state index >= 15 is 0 Å². The summed E-state index contributed by atoms with van der Waals surface area (Å²) in [4.78, 5) is 21.0. The van der Waals surface area contributed by atoms with Crippen molar-refractivity contribution < 1.29 is 9.53 Å². The first-order valence-corrected chi connectivity index (χ1v) is 12.6. The average Bonchev–Trinajstić information content (AvgIpc) is 3.53. The van der Waals surface area contributed by atoms with Gasteiger partial charge in [-0.05, 0) is 29.7 Å². The fourth-order valence-corrected chi connectivity index (χ4v) is 5.44. The van der Waals surface area contributed by atoms with E-state index in [2.05, 4.69) is 58.4 Å². The monoisotopic (exact) mass is 461 g/mol. The molecule has 1 fully saturated rings. The molecular weight excluding hydrogens is 430 g/mol. The van der Waals surface area contributed by atoms with Crippen LogP contribution in [-0.4, -0.2) is 46.0 Å². The zero-order valence-electron chi connectivity index (χ0n) is 19.6. The minimum Gasteiger partial charge on any atom is -0.376 e. The number of carbonyl (C=O) groups is 1. The molecule has 0 bridgehead atoms. The Labute approximate surface area is 199 Å². The molecule has 0 saturated carbocycles. The van der Waals surface area contributed by atoms with Crippen molar-refractivity contribution in [3.8, 4) is 11.3 Å². The first kappa shape index (κ1) is 22.1. The second kappa shape index (κ2) is 8.92. The van der Waals surface area contributed by atoms with E-state index in [4.69, 9.17) is 9.72 Å². The van der Waals surface area contributed by atoms with Crippen LogP contribution >= 0.6 is 11.3 Å². The number of carbonyl (C=O) groups excluding carboxylic acids is 1. The number of imidazole rings is 1. The Morgan fingerprint density at radius 1 is 1.21 bits per heavy atom. The second-order valence-corrected chi connectivity index (χ2v) is 10.8. The van der Waals surface area contributed by atoms with E-state index in [-0.39, 0.29) is 12.0 Å². The van der Waals surface area contributed by atoms with Crippen LogP contribution in [0.1, 0.15) is 39.3 Å². The summed E-state index contributed by atoms with van der Waals surface area (Å²) < 4.78 is 8.01. The number of benzene rings is 2. The van der Waals surface area contributed by atoms with Crippen molar-refractivity contribution in [2.45, 2.75) is 46.1 Å². The number of nitrogens with zero attached hydrogens (tertiary/aromatic N) is 3. The van der Waals surface area contributed by atoms with Crippen LogP contribution in [0.5, 0.6) is 0 Å². The lowest BCUT2D eigenvalue weighted by Gasteiger charge is -2.31. The molecule has 1 aliphatic heterocycles.